The zero-order valence-electron chi connectivity index (χ0n) is 20.5. The number of hydrogen-bond acceptors (Lipinski definition) is 8. The molecule has 0 spiro atoms. The Morgan fingerprint density at radius 3 is 2.71 bits per heavy atom. The first-order chi connectivity index (χ1) is 16.8. The third-order valence-electron chi connectivity index (χ3n) is 5.92. The first-order valence-corrected chi connectivity index (χ1v) is 13.5. The molecule has 0 atom stereocenters. The number of aliphatic hydroxyl groups excluding tert-OH is 1. The van der Waals surface area contributed by atoms with Crippen LogP contribution in [0.1, 0.15) is 46.4 Å². The number of anilines is 2. The van der Waals surface area contributed by atoms with Crippen LogP contribution in [0.15, 0.2) is 24.5 Å². The number of carbonyl (C=O) groups is 1. The van der Waals surface area contributed by atoms with Crippen molar-refractivity contribution in [1.29, 1.82) is 0 Å². The second-order valence-electron chi connectivity index (χ2n) is 9.61. The molecule has 0 aliphatic carbocycles. The summed E-state index contributed by atoms with van der Waals surface area (Å²) in [5.41, 5.74) is 7.65. The average molecular weight is 547 g/mol. The summed E-state index contributed by atoms with van der Waals surface area (Å²) in [7, 11) is 0. The molecule has 10 heteroatoms. The molecule has 188 valence electrons. The molecular formula is C25H33N5O4Se. The number of fused-ring (bicyclic) bond motifs is 1. The summed E-state index contributed by atoms with van der Waals surface area (Å²) in [6, 6.07) is 5.68. The van der Waals surface area contributed by atoms with Gasteiger partial charge in [-0.25, -0.2) is 0 Å². The molecule has 2 aromatic heterocycles. The van der Waals surface area contributed by atoms with Gasteiger partial charge in [0.25, 0.3) is 0 Å². The number of ether oxygens (including phenoxy) is 2. The van der Waals surface area contributed by atoms with Gasteiger partial charge in [-0.15, -0.1) is 0 Å². The minimum atomic E-state index is -0.426. The average Bonchev–Trinajstić information content (AvgIpc) is 3.27. The van der Waals surface area contributed by atoms with Crippen molar-refractivity contribution in [2.45, 2.75) is 39.2 Å². The van der Waals surface area contributed by atoms with Gasteiger partial charge in [0, 0.05) is 13.1 Å². The predicted molar refractivity (Wildman–Crippen MR) is 137 cm³/mol. The molecule has 0 unspecified atom stereocenters. The number of nitrogens with one attached hydrogen (secondary N) is 1. The zero-order chi connectivity index (χ0) is 25.0. The third-order valence-corrected chi connectivity index (χ3v) is 9.22. The van der Waals surface area contributed by atoms with Gasteiger partial charge in [0.15, 0.2) is 0 Å². The van der Waals surface area contributed by atoms with Crippen LogP contribution in [0.25, 0.3) is 10.9 Å². The van der Waals surface area contributed by atoms with Crippen molar-refractivity contribution >= 4 is 42.8 Å². The first kappa shape index (κ1) is 25.6. The summed E-state index contributed by atoms with van der Waals surface area (Å²) < 4.78 is 13.2. The van der Waals surface area contributed by atoms with E-state index in [2.05, 4.69) is 41.0 Å². The van der Waals surface area contributed by atoms with Gasteiger partial charge in [0.2, 0.25) is 0 Å². The number of hydrogen-bond donors (Lipinski definition) is 3. The van der Waals surface area contributed by atoms with Crippen LogP contribution in [0, 0.1) is 0 Å². The molecule has 1 aromatic carbocycles. The zero-order valence-corrected chi connectivity index (χ0v) is 22.2. The molecule has 1 amide bonds. The van der Waals surface area contributed by atoms with Gasteiger partial charge in [-0.3, -0.25) is 4.90 Å². The fourth-order valence-electron chi connectivity index (χ4n) is 3.95. The fraction of sp³-hybridized carbons (Fsp3) is 0.480. The Labute approximate surface area is 211 Å². The number of morpholine rings is 1. The molecule has 1 aliphatic rings. The van der Waals surface area contributed by atoms with Crippen LogP contribution in [0.3, 0.4) is 0 Å². The molecule has 3 heterocycles. The second-order valence-corrected chi connectivity index (χ2v) is 11.8. The summed E-state index contributed by atoms with van der Waals surface area (Å²) in [5.74, 6) is 0.743. The first-order valence-electron chi connectivity index (χ1n) is 11.8. The number of aliphatic hydroxyl groups is 1. The molecule has 1 fully saturated rings. The molecule has 0 radical (unpaired) electrons. The molecule has 9 nitrogen and oxygen atoms in total. The molecule has 0 bridgehead atoms. The second kappa shape index (κ2) is 11.1. The topological polar surface area (TPSA) is 123 Å². The van der Waals surface area contributed by atoms with Crippen molar-refractivity contribution in [2.24, 2.45) is 5.73 Å². The summed E-state index contributed by atoms with van der Waals surface area (Å²) in [6.45, 7) is 11.2. The third kappa shape index (κ3) is 6.20. The van der Waals surface area contributed by atoms with Crippen molar-refractivity contribution in [2.75, 3.05) is 44.8 Å². The Hall–Kier alpha value is -2.49. The van der Waals surface area contributed by atoms with E-state index in [0.29, 0.717) is 39.4 Å². The number of aromatic nitrogens is 2. The number of carbonyl (C=O) groups excluding carboxylic acids is 1. The van der Waals surface area contributed by atoms with E-state index >= 15 is 0 Å². The Morgan fingerprint density at radius 2 is 2.03 bits per heavy atom. The number of rotatable bonds is 9. The Bertz CT molecular complexity index is 1180. The monoisotopic (exact) mass is 547 g/mol. The quantitative estimate of drug-likeness (QED) is 0.276. The number of benzene rings is 1. The van der Waals surface area contributed by atoms with Crippen LogP contribution >= 0.6 is 0 Å². The minimum absolute atomic E-state index is 0.0596. The van der Waals surface area contributed by atoms with Crippen LogP contribution in [0.5, 0.6) is 5.75 Å². The van der Waals surface area contributed by atoms with Crippen LogP contribution in [-0.4, -0.2) is 79.8 Å². The van der Waals surface area contributed by atoms with E-state index in [1.54, 1.807) is 0 Å². The summed E-state index contributed by atoms with van der Waals surface area (Å²) >= 11 is -0.145. The number of nitrogens with two attached hydrogens (primary N) is 1. The van der Waals surface area contributed by atoms with Crippen molar-refractivity contribution in [1.82, 2.24) is 14.9 Å². The summed E-state index contributed by atoms with van der Waals surface area (Å²) in [5, 5.41) is 14.1. The van der Waals surface area contributed by atoms with Gasteiger partial charge in [-0.2, -0.15) is 0 Å². The van der Waals surface area contributed by atoms with Crippen LogP contribution in [0.4, 0.5) is 11.5 Å². The van der Waals surface area contributed by atoms with Crippen LogP contribution < -0.4 is 15.8 Å². The van der Waals surface area contributed by atoms with Crippen molar-refractivity contribution < 1.29 is 19.4 Å². The number of nitrogens with zero attached hydrogens (tertiary/aromatic N) is 3. The Kier molecular flexibility index (Phi) is 8.08. The Balaban J connectivity index is 1.55. The molecule has 4 N–H and O–H groups in total. The van der Waals surface area contributed by atoms with Gasteiger partial charge in [-0.1, -0.05) is 0 Å². The van der Waals surface area contributed by atoms with E-state index in [1.165, 1.54) is 10.8 Å². The summed E-state index contributed by atoms with van der Waals surface area (Å²) in [4.78, 5) is 23.3. The molecular weight excluding hydrogens is 513 g/mol. The molecule has 1 saturated heterocycles. The van der Waals surface area contributed by atoms with E-state index in [9.17, 15) is 9.90 Å². The van der Waals surface area contributed by atoms with Gasteiger partial charge >= 0.3 is 176 Å². The van der Waals surface area contributed by atoms with E-state index in [4.69, 9.17) is 15.2 Å². The fourth-order valence-corrected chi connectivity index (χ4v) is 6.09. The van der Waals surface area contributed by atoms with Gasteiger partial charge in [0.05, 0.1) is 13.2 Å². The van der Waals surface area contributed by atoms with Crippen molar-refractivity contribution in [3.8, 4) is 5.75 Å². The molecule has 0 saturated carbocycles. The van der Waals surface area contributed by atoms with Gasteiger partial charge in [-0.05, 0) is 0 Å². The molecule has 1 aliphatic heterocycles. The van der Waals surface area contributed by atoms with E-state index < -0.39 is 5.91 Å². The number of primary amides is 1. The van der Waals surface area contributed by atoms with Crippen molar-refractivity contribution in [3.63, 3.8) is 0 Å². The Morgan fingerprint density at radius 1 is 1.26 bits per heavy atom. The van der Waals surface area contributed by atoms with Crippen LogP contribution in [0.2, 0.25) is 0 Å². The van der Waals surface area contributed by atoms with E-state index in [0.717, 1.165) is 44.7 Å². The normalized spacial score (nSPS) is 14.9. The molecule has 4 rings (SSSR count). The molecule has 3 aromatic rings. The van der Waals surface area contributed by atoms with Crippen LogP contribution in [-0.2, 0) is 16.8 Å². The SMILES string of the molecule is CC(C)(C)c1cc(Nc2ncnc3cc(OCCCN4CCOCC4)c(CO)cc23)c(C(N)=O)[se]1. The van der Waals surface area contributed by atoms with E-state index in [1.807, 2.05) is 18.2 Å². The number of amides is 1. The predicted octanol–water partition coefficient (Wildman–Crippen LogP) is 2.42. The van der Waals surface area contributed by atoms with E-state index in [-0.39, 0.29) is 26.5 Å². The van der Waals surface area contributed by atoms with Gasteiger partial charge < -0.3 is 4.74 Å². The standard InChI is InChI=1S/C25H33N5O4Se/c1-25(2,3)21-13-19(22(35-21)23(26)32)29-24-17-11-16(14-31)20(12-18(17)27-15-28-24)34-8-4-5-30-6-9-33-10-7-30/h11-13,15,31H,4-10,14H2,1-3H3,(H2,26,32)(H,27,28,29). The summed E-state index contributed by atoms with van der Waals surface area (Å²) in [6.07, 6.45) is 2.36. The molecule has 35 heavy (non-hydrogen) atoms. The maximum absolute atomic E-state index is 12.1. The van der Waals surface area contributed by atoms with Crippen molar-refractivity contribution in [3.05, 3.63) is 39.0 Å². The van der Waals surface area contributed by atoms with Gasteiger partial charge in [0.1, 0.15) is 0 Å². The maximum atomic E-state index is 12.1.